The fourth-order valence-corrected chi connectivity index (χ4v) is 2.57. The fraction of sp³-hybridized carbons (Fsp3) is 0.909. The fourth-order valence-electron chi connectivity index (χ4n) is 2.57. The highest BCUT2D eigenvalue weighted by atomic mass is 19.3. The minimum atomic E-state index is -3.08. The van der Waals surface area contributed by atoms with Gasteiger partial charge in [0.05, 0.1) is 0 Å². The number of hydrogen-bond donors (Lipinski definition) is 1. The summed E-state index contributed by atoms with van der Waals surface area (Å²) in [7, 11) is 1.71. The van der Waals surface area contributed by atoms with Gasteiger partial charge >= 0.3 is 5.97 Å². The summed E-state index contributed by atoms with van der Waals surface area (Å²) < 4.78 is 27.9. The highest BCUT2D eigenvalue weighted by molar-refractivity contribution is 5.76. The number of carboxylic acids is 1. The number of halogens is 2. The molecule has 1 saturated heterocycles. The molecule has 92 valence electrons. The highest BCUT2D eigenvalue weighted by Gasteiger charge is 2.62. The molecule has 1 aliphatic carbocycles. The molecule has 1 unspecified atom stereocenters. The average molecular weight is 233 g/mol. The maximum Gasteiger partial charge on any atom is 0.317 e. The maximum atomic E-state index is 13.9. The zero-order valence-corrected chi connectivity index (χ0v) is 9.38. The van der Waals surface area contributed by atoms with Gasteiger partial charge in [-0.1, -0.05) is 12.8 Å². The molecule has 5 heteroatoms. The molecule has 0 amide bonds. The van der Waals surface area contributed by atoms with Crippen molar-refractivity contribution in [2.24, 2.45) is 11.3 Å². The predicted octanol–water partition coefficient (Wildman–Crippen LogP) is 1.83. The molecule has 0 aromatic rings. The largest absolute Gasteiger partial charge is 0.481 e. The van der Waals surface area contributed by atoms with Gasteiger partial charge in [-0.2, -0.15) is 0 Å². The summed E-state index contributed by atoms with van der Waals surface area (Å²) in [5.74, 6) is -4.22. The Hall–Kier alpha value is -0.710. The number of aliphatic carboxylic acids is 1. The minimum Gasteiger partial charge on any atom is -0.481 e. The van der Waals surface area contributed by atoms with Crippen molar-refractivity contribution in [2.75, 3.05) is 20.1 Å². The summed E-state index contributed by atoms with van der Waals surface area (Å²) in [6.07, 6.45) is 1.58. The Balaban J connectivity index is 2.27. The van der Waals surface area contributed by atoms with E-state index >= 15 is 0 Å². The first-order valence-corrected chi connectivity index (χ1v) is 5.67. The van der Waals surface area contributed by atoms with Crippen molar-refractivity contribution in [1.82, 2.24) is 4.90 Å². The number of carboxylic acid groups (broad SMARTS) is 1. The second kappa shape index (κ2) is 3.65. The van der Waals surface area contributed by atoms with Gasteiger partial charge in [-0.05, 0) is 19.4 Å². The molecule has 0 radical (unpaired) electrons. The van der Waals surface area contributed by atoms with Gasteiger partial charge in [-0.15, -0.1) is 0 Å². The van der Waals surface area contributed by atoms with Crippen LogP contribution in [0.15, 0.2) is 0 Å². The summed E-state index contributed by atoms with van der Waals surface area (Å²) in [5.41, 5.74) is -1.86. The third kappa shape index (κ3) is 1.81. The van der Waals surface area contributed by atoms with E-state index in [9.17, 15) is 18.7 Å². The lowest BCUT2D eigenvalue weighted by atomic mass is 9.72. The molecule has 1 heterocycles. The van der Waals surface area contributed by atoms with E-state index < -0.39 is 17.3 Å². The van der Waals surface area contributed by atoms with Crippen LogP contribution < -0.4 is 0 Å². The molecule has 0 spiro atoms. The van der Waals surface area contributed by atoms with Crippen LogP contribution in [0.1, 0.15) is 25.7 Å². The van der Waals surface area contributed by atoms with Gasteiger partial charge in [-0.25, -0.2) is 8.78 Å². The first-order chi connectivity index (χ1) is 7.37. The second-order valence-electron chi connectivity index (χ2n) is 5.23. The molecular weight excluding hydrogens is 216 g/mol. The first-order valence-electron chi connectivity index (χ1n) is 5.67. The number of alkyl halides is 2. The standard InChI is InChI=1S/C11H17F2NO2/c1-14-5-4-11(12,13)10(7-14,9(15)16)6-8-2-3-8/h8H,2-7H2,1H3,(H,15,16). The molecule has 0 bridgehead atoms. The van der Waals surface area contributed by atoms with Crippen LogP contribution in [0.25, 0.3) is 0 Å². The van der Waals surface area contributed by atoms with Crippen molar-refractivity contribution in [1.29, 1.82) is 0 Å². The third-order valence-corrected chi connectivity index (χ3v) is 3.79. The Kier molecular flexibility index (Phi) is 2.69. The van der Waals surface area contributed by atoms with Gasteiger partial charge in [-0.3, -0.25) is 4.79 Å². The van der Waals surface area contributed by atoms with Crippen LogP contribution in [0.2, 0.25) is 0 Å². The third-order valence-electron chi connectivity index (χ3n) is 3.79. The van der Waals surface area contributed by atoms with E-state index in [0.29, 0.717) is 0 Å². The number of piperidine rings is 1. The Morgan fingerprint density at radius 3 is 2.62 bits per heavy atom. The Morgan fingerprint density at radius 2 is 2.12 bits per heavy atom. The normalized spacial score (nSPS) is 34.9. The average Bonchev–Trinajstić information content (AvgIpc) is 2.95. The summed E-state index contributed by atoms with van der Waals surface area (Å²) in [4.78, 5) is 13.0. The molecule has 2 aliphatic rings. The molecule has 1 saturated carbocycles. The van der Waals surface area contributed by atoms with Crippen molar-refractivity contribution < 1.29 is 18.7 Å². The summed E-state index contributed by atoms with van der Waals surface area (Å²) >= 11 is 0. The van der Waals surface area contributed by atoms with Gasteiger partial charge in [0.15, 0.2) is 0 Å². The topological polar surface area (TPSA) is 40.5 Å². The summed E-state index contributed by atoms with van der Waals surface area (Å²) in [6.45, 7) is 0.235. The zero-order chi connectivity index (χ0) is 12.0. The van der Waals surface area contributed by atoms with Crippen molar-refractivity contribution in [3.8, 4) is 0 Å². The molecule has 16 heavy (non-hydrogen) atoms. The molecule has 1 N–H and O–H groups in total. The number of nitrogens with zero attached hydrogens (tertiary/aromatic N) is 1. The smallest absolute Gasteiger partial charge is 0.317 e. The van der Waals surface area contributed by atoms with Crippen LogP contribution in [-0.2, 0) is 4.79 Å². The molecular formula is C11H17F2NO2. The quantitative estimate of drug-likeness (QED) is 0.808. The lowest BCUT2D eigenvalue weighted by Gasteiger charge is -2.44. The molecule has 2 fully saturated rings. The van der Waals surface area contributed by atoms with Crippen LogP contribution in [0, 0.1) is 11.3 Å². The van der Waals surface area contributed by atoms with E-state index in [1.54, 1.807) is 11.9 Å². The lowest BCUT2D eigenvalue weighted by Crippen LogP contribution is -2.59. The van der Waals surface area contributed by atoms with E-state index in [0.717, 1.165) is 12.8 Å². The van der Waals surface area contributed by atoms with Crippen LogP contribution in [0.4, 0.5) is 8.78 Å². The summed E-state index contributed by atoms with van der Waals surface area (Å²) in [6, 6.07) is 0. The molecule has 3 nitrogen and oxygen atoms in total. The lowest BCUT2D eigenvalue weighted by molar-refractivity contribution is -0.198. The van der Waals surface area contributed by atoms with E-state index in [2.05, 4.69) is 0 Å². The second-order valence-corrected chi connectivity index (χ2v) is 5.23. The van der Waals surface area contributed by atoms with E-state index in [1.807, 2.05) is 0 Å². The van der Waals surface area contributed by atoms with E-state index in [1.165, 1.54) is 0 Å². The van der Waals surface area contributed by atoms with Gasteiger partial charge in [0.25, 0.3) is 5.92 Å². The van der Waals surface area contributed by atoms with Crippen LogP contribution >= 0.6 is 0 Å². The summed E-state index contributed by atoms with van der Waals surface area (Å²) in [5, 5.41) is 9.21. The van der Waals surface area contributed by atoms with Gasteiger partial charge in [0.2, 0.25) is 0 Å². The Labute approximate surface area is 93.4 Å². The number of rotatable bonds is 3. The van der Waals surface area contributed by atoms with E-state index in [4.69, 9.17) is 0 Å². The number of likely N-dealkylation sites (tertiary alicyclic amines) is 1. The van der Waals surface area contributed by atoms with Crippen molar-refractivity contribution in [3.63, 3.8) is 0 Å². The number of carbonyl (C=O) groups is 1. The van der Waals surface area contributed by atoms with Gasteiger partial charge in [0, 0.05) is 19.5 Å². The van der Waals surface area contributed by atoms with Crippen LogP contribution in [-0.4, -0.2) is 42.0 Å². The maximum absolute atomic E-state index is 13.9. The van der Waals surface area contributed by atoms with Crippen molar-refractivity contribution in [2.45, 2.75) is 31.6 Å². The predicted molar refractivity (Wildman–Crippen MR) is 54.5 cm³/mol. The molecule has 0 aromatic carbocycles. The minimum absolute atomic E-state index is 0.0359. The van der Waals surface area contributed by atoms with Crippen LogP contribution in [0.5, 0.6) is 0 Å². The molecule has 2 rings (SSSR count). The van der Waals surface area contributed by atoms with Gasteiger partial charge in [0.1, 0.15) is 5.41 Å². The van der Waals surface area contributed by atoms with Crippen molar-refractivity contribution >= 4 is 5.97 Å². The monoisotopic (exact) mass is 233 g/mol. The highest BCUT2D eigenvalue weighted by Crippen LogP contribution is 2.51. The Bertz CT molecular complexity index is 300. The first kappa shape index (κ1) is 11.8. The zero-order valence-electron chi connectivity index (χ0n) is 9.38. The number of hydrogen-bond acceptors (Lipinski definition) is 2. The molecule has 0 aromatic heterocycles. The van der Waals surface area contributed by atoms with E-state index in [-0.39, 0.29) is 31.8 Å². The Morgan fingerprint density at radius 1 is 1.50 bits per heavy atom. The van der Waals surface area contributed by atoms with Crippen molar-refractivity contribution in [3.05, 3.63) is 0 Å². The van der Waals surface area contributed by atoms with Crippen LogP contribution in [0.3, 0.4) is 0 Å². The molecule has 1 aliphatic heterocycles. The van der Waals surface area contributed by atoms with Gasteiger partial charge < -0.3 is 10.0 Å². The molecule has 1 atom stereocenters. The SMILES string of the molecule is CN1CCC(F)(F)C(CC2CC2)(C(=O)O)C1.